The number of ketones is 1. The molecule has 7 nitrogen and oxygen atoms in total. The maximum atomic E-state index is 12.7. The SMILES string of the molecule is C[C@@H]1CN(C(=O)C(=O)c2cnc3ccccc3n2)CCN1C(=O)c1ccccc1. The van der Waals surface area contributed by atoms with Crippen molar-refractivity contribution in [2.45, 2.75) is 13.0 Å². The minimum Gasteiger partial charge on any atom is -0.332 e. The maximum Gasteiger partial charge on any atom is 0.296 e. The van der Waals surface area contributed by atoms with E-state index in [1.165, 1.54) is 11.1 Å². The Morgan fingerprint density at radius 3 is 2.34 bits per heavy atom. The zero-order valence-corrected chi connectivity index (χ0v) is 16.0. The lowest BCUT2D eigenvalue weighted by Crippen LogP contribution is -2.56. The lowest BCUT2D eigenvalue weighted by molar-refractivity contribution is -0.128. The molecule has 29 heavy (non-hydrogen) atoms. The summed E-state index contributed by atoms with van der Waals surface area (Å²) in [6.45, 7) is 2.84. The summed E-state index contributed by atoms with van der Waals surface area (Å²) in [7, 11) is 0. The van der Waals surface area contributed by atoms with Gasteiger partial charge in [0.25, 0.3) is 17.6 Å². The molecular formula is C22H20N4O3. The standard InChI is InChI=1S/C22H20N4O3/c1-15-14-25(11-12-26(15)21(28)16-7-3-2-4-8-16)22(29)20(27)19-13-23-17-9-5-6-10-18(17)24-19/h2-10,13,15H,11-12,14H2,1H3/t15-/m1/s1. The molecule has 0 bridgehead atoms. The molecule has 2 amide bonds. The Labute approximate surface area is 168 Å². The van der Waals surface area contributed by atoms with E-state index in [1.54, 1.807) is 35.2 Å². The molecule has 0 aliphatic carbocycles. The van der Waals surface area contributed by atoms with Crippen LogP contribution in [0, 0.1) is 0 Å². The van der Waals surface area contributed by atoms with Crippen LogP contribution in [0.5, 0.6) is 0 Å². The molecule has 1 saturated heterocycles. The van der Waals surface area contributed by atoms with Crippen LogP contribution in [0.3, 0.4) is 0 Å². The molecule has 0 spiro atoms. The number of aromatic nitrogens is 2. The van der Waals surface area contributed by atoms with E-state index in [0.717, 1.165) is 0 Å². The summed E-state index contributed by atoms with van der Waals surface area (Å²) in [5.74, 6) is -1.37. The first-order valence-electron chi connectivity index (χ1n) is 9.46. The van der Waals surface area contributed by atoms with Crippen LogP contribution in [0.25, 0.3) is 11.0 Å². The maximum absolute atomic E-state index is 12.7. The van der Waals surface area contributed by atoms with Crippen LogP contribution in [0.15, 0.2) is 60.8 Å². The van der Waals surface area contributed by atoms with Crippen molar-refractivity contribution in [2.24, 2.45) is 0 Å². The molecule has 4 rings (SSSR count). The Hall–Kier alpha value is -3.61. The summed E-state index contributed by atoms with van der Waals surface area (Å²) < 4.78 is 0. The van der Waals surface area contributed by atoms with E-state index in [1.807, 2.05) is 31.2 Å². The van der Waals surface area contributed by atoms with Gasteiger partial charge in [0.05, 0.1) is 17.2 Å². The number of Topliss-reactive ketones (excluding diaryl/α,β-unsaturated/α-hetero) is 1. The highest BCUT2D eigenvalue weighted by Crippen LogP contribution is 2.16. The smallest absolute Gasteiger partial charge is 0.296 e. The molecule has 0 radical (unpaired) electrons. The van der Waals surface area contributed by atoms with Crippen LogP contribution in [-0.4, -0.2) is 63.0 Å². The molecule has 1 aromatic heterocycles. The highest BCUT2D eigenvalue weighted by molar-refractivity contribution is 6.42. The predicted molar refractivity (Wildman–Crippen MR) is 107 cm³/mol. The normalized spacial score (nSPS) is 16.7. The van der Waals surface area contributed by atoms with Gasteiger partial charge >= 0.3 is 0 Å². The van der Waals surface area contributed by atoms with Gasteiger partial charge in [-0.2, -0.15) is 0 Å². The summed E-state index contributed by atoms with van der Waals surface area (Å²) in [6.07, 6.45) is 1.33. The first-order chi connectivity index (χ1) is 14.0. The van der Waals surface area contributed by atoms with Crippen LogP contribution in [0.1, 0.15) is 27.8 Å². The molecule has 2 heterocycles. The Bertz CT molecular complexity index is 1080. The molecule has 3 aromatic rings. The molecule has 146 valence electrons. The van der Waals surface area contributed by atoms with Crippen molar-refractivity contribution in [1.82, 2.24) is 19.8 Å². The van der Waals surface area contributed by atoms with Gasteiger partial charge in [0, 0.05) is 31.2 Å². The monoisotopic (exact) mass is 388 g/mol. The Balaban J connectivity index is 1.46. The third kappa shape index (κ3) is 3.71. The van der Waals surface area contributed by atoms with E-state index in [-0.39, 0.29) is 17.6 Å². The second kappa shape index (κ2) is 7.79. The number of benzene rings is 2. The molecule has 0 unspecified atom stereocenters. The molecule has 0 N–H and O–H groups in total. The largest absolute Gasteiger partial charge is 0.332 e. The van der Waals surface area contributed by atoms with Crippen molar-refractivity contribution < 1.29 is 14.4 Å². The van der Waals surface area contributed by atoms with Crippen LogP contribution < -0.4 is 0 Å². The topological polar surface area (TPSA) is 83.5 Å². The number of carbonyl (C=O) groups is 3. The average molecular weight is 388 g/mol. The fourth-order valence-corrected chi connectivity index (χ4v) is 3.51. The number of hydrogen-bond acceptors (Lipinski definition) is 5. The minimum atomic E-state index is -0.682. The van der Waals surface area contributed by atoms with Gasteiger partial charge in [-0.1, -0.05) is 30.3 Å². The van der Waals surface area contributed by atoms with Crippen molar-refractivity contribution in [3.05, 3.63) is 72.1 Å². The Morgan fingerprint density at radius 2 is 1.62 bits per heavy atom. The summed E-state index contributed by atoms with van der Waals surface area (Å²) in [5.41, 5.74) is 1.88. The predicted octanol–water partition coefficient (Wildman–Crippen LogP) is 2.19. The number of fused-ring (bicyclic) bond motifs is 1. The van der Waals surface area contributed by atoms with E-state index in [9.17, 15) is 14.4 Å². The highest BCUT2D eigenvalue weighted by Gasteiger charge is 2.33. The number of carbonyl (C=O) groups excluding carboxylic acids is 3. The first-order valence-corrected chi connectivity index (χ1v) is 9.46. The number of rotatable bonds is 3. The second-order valence-corrected chi connectivity index (χ2v) is 7.04. The van der Waals surface area contributed by atoms with Gasteiger partial charge in [0.15, 0.2) is 0 Å². The summed E-state index contributed by atoms with van der Waals surface area (Å²) in [6, 6.07) is 16.0. The molecule has 1 atom stereocenters. The van der Waals surface area contributed by atoms with E-state index in [2.05, 4.69) is 9.97 Å². The van der Waals surface area contributed by atoms with E-state index >= 15 is 0 Å². The third-order valence-electron chi connectivity index (χ3n) is 5.07. The second-order valence-electron chi connectivity index (χ2n) is 7.04. The number of hydrogen-bond donors (Lipinski definition) is 0. The third-order valence-corrected chi connectivity index (χ3v) is 5.07. The number of nitrogens with zero attached hydrogens (tertiary/aromatic N) is 4. The minimum absolute atomic E-state index is 0.0316. The Morgan fingerprint density at radius 1 is 0.931 bits per heavy atom. The molecule has 1 fully saturated rings. The van der Waals surface area contributed by atoms with Crippen LogP contribution in [-0.2, 0) is 4.79 Å². The Kier molecular flexibility index (Phi) is 5.03. The fraction of sp³-hybridized carbons (Fsp3) is 0.227. The van der Waals surface area contributed by atoms with Gasteiger partial charge in [-0.15, -0.1) is 0 Å². The zero-order valence-electron chi connectivity index (χ0n) is 16.0. The molecule has 1 aliphatic heterocycles. The summed E-state index contributed by atoms with van der Waals surface area (Å²) in [4.78, 5) is 49.8. The number of para-hydroxylation sites is 2. The highest BCUT2D eigenvalue weighted by atomic mass is 16.2. The van der Waals surface area contributed by atoms with Gasteiger partial charge in [0.1, 0.15) is 5.69 Å². The summed E-state index contributed by atoms with van der Waals surface area (Å²) in [5, 5.41) is 0. The van der Waals surface area contributed by atoms with Gasteiger partial charge in [-0.3, -0.25) is 19.4 Å². The van der Waals surface area contributed by atoms with Crippen molar-refractivity contribution in [2.75, 3.05) is 19.6 Å². The fourth-order valence-electron chi connectivity index (χ4n) is 3.51. The van der Waals surface area contributed by atoms with Gasteiger partial charge in [-0.05, 0) is 31.2 Å². The van der Waals surface area contributed by atoms with Crippen LogP contribution in [0.4, 0.5) is 0 Å². The van der Waals surface area contributed by atoms with Gasteiger partial charge in [-0.25, -0.2) is 4.98 Å². The summed E-state index contributed by atoms with van der Waals surface area (Å²) >= 11 is 0. The molecule has 0 saturated carbocycles. The first kappa shape index (κ1) is 18.7. The van der Waals surface area contributed by atoms with Gasteiger partial charge < -0.3 is 9.80 Å². The van der Waals surface area contributed by atoms with Crippen molar-refractivity contribution >= 4 is 28.6 Å². The van der Waals surface area contributed by atoms with E-state index < -0.39 is 11.7 Å². The average Bonchev–Trinajstić information content (AvgIpc) is 2.77. The molecule has 7 heteroatoms. The van der Waals surface area contributed by atoms with E-state index in [4.69, 9.17) is 0 Å². The van der Waals surface area contributed by atoms with Gasteiger partial charge in [0.2, 0.25) is 0 Å². The lowest BCUT2D eigenvalue weighted by atomic mass is 10.1. The quantitative estimate of drug-likeness (QED) is 0.507. The van der Waals surface area contributed by atoms with Crippen LogP contribution in [0.2, 0.25) is 0 Å². The molecule has 1 aliphatic rings. The van der Waals surface area contributed by atoms with Crippen LogP contribution >= 0.6 is 0 Å². The van der Waals surface area contributed by atoms with Crippen molar-refractivity contribution in [1.29, 1.82) is 0 Å². The van der Waals surface area contributed by atoms with Crippen molar-refractivity contribution in [3.8, 4) is 0 Å². The van der Waals surface area contributed by atoms with Crippen molar-refractivity contribution in [3.63, 3.8) is 0 Å². The zero-order chi connectivity index (χ0) is 20.4. The molecular weight excluding hydrogens is 368 g/mol. The lowest BCUT2D eigenvalue weighted by Gasteiger charge is -2.39. The molecule has 2 aromatic carbocycles. The number of piperazine rings is 1. The van der Waals surface area contributed by atoms with E-state index in [0.29, 0.717) is 36.2 Å². The number of amides is 2.